The van der Waals surface area contributed by atoms with Crippen LogP contribution in [0.25, 0.3) is 0 Å². The third-order valence-corrected chi connectivity index (χ3v) is 7.17. The maximum atomic E-state index is 14.0. The van der Waals surface area contributed by atoms with Crippen LogP contribution in [-0.4, -0.2) is 41.4 Å². The fourth-order valence-corrected chi connectivity index (χ4v) is 4.87. The summed E-state index contributed by atoms with van der Waals surface area (Å²) in [4.78, 5) is 31.4. The number of amides is 2. The van der Waals surface area contributed by atoms with Crippen LogP contribution in [0, 0.1) is 26.6 Å². The normalized spacial score (nSPS) is 14.2. The Labute approximate surface area is 202 Å². The van der Waals surface area contributed by atoms with E-state index in [2.05, 4.69) is 10.3 Å². The van der Waals surface area contributed by atoms with Crippen LogP contribution >= 0.6 is 11.3 Å². The zero-order valence-electron chi connectivity index (χ0n) is 19.6. The second-order valence-corrected chi connectivity index (χ2v) is 9.59. The molecule has 0 radical (unpaired) electrons. The van der Waals surface area contributed by atoms with E-state index >= 15 is 0 Å². The van der Waals surface area contributed by atoms with Gasteiger partial charge in [0.25, 0.3) is 11.8 Å². The van der Waals surface area contributed by atoms with Crippen molar-refractivity contribution in [3.63, 3.8) is 0 Å². The molecule has 4 rings (SSSR count). The first-order chi connectivity index (χ1) is 16.3. The number of nitrogens with zero attached hydrogens (tertiary/aromatic N) is 2. The summed E-state index contributed by atoms with van der Waals surface area (Å²) in [6.45, 7) is 7.10. The molecule has 0 atom stereocenters. The van der Waals surface area contributed by atoms with Crippen LogP contribution in [0.1, 0.15) is 50.9 Å². The van der Waals surface area contributed by atoms with E-state index in [1.165, 1.54) is 23.0 Å². The minimum atomic E-state index is -0.470. The number of aryl methyl sites for hydroxylation is 3. The van der Waals surface area contributed by atoms with Gasteiger partial charge >= 0.3 is 0 Å². The number of aromatic nitrogens is 1. The Balaban J connectivity index is 1.28. The number of thiazole rings is 1. The van der Waals surface area contributed by atoms with Crippen LogP contribution in [-0.2, 0) is 4.79 Å². The first-order valence-corrected chi connectivity index (χ1v) is 12.2. The lowest BCUT2D eigenvalue weighted by Crippen LogP contribution is -2.40. The number of benzene rings is 2. The Kier molecular flexibility index (Phi) is 7.26. The van der Waals surface area contributed by atoms with Gasteiger partial charge in [0.05, 0.1) is 10.7 Å². The molecule has 1 aromatic heterocycles. The van der Waals surface area contributed by atoms with Crippen molar-refractivity contribution in [3.05, 3.63) is 75.0 Å². The Morgan fingerprint density at radius 2 is 1.88 bits per heavy atom. The SMILES string of the molecule is Cc1ccc(NC(=O)c2csc(C3CCN(C(=O)COc4ccc(C)c(C)c4)CC3)n2)c(F)c1. The highest BCUT2D eigenvalue weighted by Crippen LogP contribution is 2.31. The van der Waals surface area contributed by atoms with Gasteiger partial charge in [-0.1, -0.05) is 12.1 Å². The summed E-state index contributed by atoms with van der Waals surface area (Å²) in [5.74, 6) is -0.0440. The number of nitrogens with one attached hydrogen (secondary N) is 1. The zero-order chi connectivity index (χ0) is 24.2. The van der Waals surface area contributed by atoms with Crippen molar-refractivity contribution in [2.45, 2.75) is 39.5 Å². The molecular weight excluding hydrogens is 453 g/mol. The summed E-state index contributed by atoms with van der Waals surface area (Å²) in [6, 6.07) is 10.5. The van der Waals surface area contributed by atoms with Gasteiger partial charge in [0.1, 0.15) is 17.3 Å². The third-order valence-electron chi connectivity index (χ3n) is 6.16. The largest absolute Gasteiger partial charge is 0.484 e. The summed E-state index contributed by atoms with van der Waals surface area (Å²) >= 11 is 1.43. The highest BCUT2D eigenvalue weighted by Gasteiger charge is 2.26. The summed E-state index contributed by atoms with van der Waals surface area (Å²) < 4.78 is 19.7. The fraction of sp³-hybridized carbons (Fsp3) is 0.346. The quantitative estimate of drug-likeness (QED) is 0.522. The second-order valence-electron chi connectivity index (χ2n) is 8.70. The lowest BCUT2D eigenvalue weighted by molar-refractivity contribution is -0.134. The molecule has 3 aromatic rings. The Bertz CT molecular complexity index is 1200. The van der Waals surface area contributed by atoms with Gasteiger partial charge in [-0.05, 0) is 74.6 Å². The molecule has 0 spiro atoms. The molecule has 8 heteroatoms. The van der Waals surface area contributed by atoms with Crippen LogP contribution in [0.5, 0.6) is 5.75 Å². The van der Waals surface area contributed by atoms with Gasteiger partial charge in [-0.2, -0.15) is 0 Å². The monoisotopic (exact) mass is 481 g/mol. The van der Waals surface area contributed by atoms with Crippen molar-refractivity contribution in [2.75, 3.05) is 25.0 Å². The molecular formula is C26H28FN3O3S. The maximum Gasteiger partial charge on any atom is 0.275 e. The minimum Gasteiger partial charge on any atom is -0.484 e. The number of anilines is 1. The molecule has 34 heavy (non-hydrogen) atoms. The first-order valence-electron chi connectivity index (χ1n) is 11.3. The van der Waals surface area contributed by atoms with E-state index in [9.17, 15) is 14.0 Å². The predicted octanol–water partition coefficient (Wildman–Crippen LogP) is 5.24. The molecule has 6 nitrogen and oxygen atoms in total. The number of carbonyl (C=O) groups is 2. The molecule has 1 fully saturated rings. The van der Waals surface area contributed by atoms with Crippen LogP contribution in [0.15, 0.2) is 41.8 Å². The number of ether oxygens (including phenoxy) is 1. The second kappa shape index (κ2) is 10.3. The first kappa shape index (κ1) is 23.9. The Morgan fingerprint density at radius 1 is 1.12 bits per heavy atom. The highest BCUT2D eigenvalue weighted by molar-refractivity contribution is 7.10. The number of piperidine rings is 1. The molecule has 1 N–H and O–H groups in total. The molecule has 1 saturated heterocycles. The number of likely N-dealkylation sites (tertiary alicyclic amines) is 1. The topological polar surface area (TPSA) is 71.5 Å². The third kappa shape index (κ3) is 5.62. The van der Waals surface area contributed by atoms with Gasteiger partial charge in [0.2, 0.25) is 0 Å². The molecule has 1 aliphatic heterocycles. The summed E-state index contributed by atoms with van der Waals surface area (Å²) in [7, 11) is 0. The van der Waals surface area contributed by atoms with Crippen LogP contribution in [0.2, 0.25) is 0 Å². The highest BCUT2D eigenvalue weighted by atomic mass is 32.1. The number of rotatable bonds is 6. The summed E-state index contributed by atoms with van der Waals surface area (Å²) in [5.41, 5.74) is 3.52. The zero-order valence-corrected chi connectivity index (χ0v) is 20.4. The average Bonchev–Trinajstić information content (AvgIpc) is 3.32. The standard InChI is InChI=1S/C26H28FN3O3S/c1-16-4-7-22(21(27)12-16)28-25(32)23-15-34-26(29-23)19-8-10-30(11-9-19)24(31)14-33-20-6-5-17(2)18(3)13-20/h4-7,12-13,15,19H,8-11,14H2,1-3H3,(H,28,32). The number of halogens is 1. The molecule has 0 unspecified atom stereocenters. The fourth-order valence-electron chi connectivity index (χ4n) is 3.90. The molecule has 178 valence electrons. The van der Waals surface area contributed by atoms with Gasteiger partial charge < -0.3 is 15.0 Å². The molecule has 2 heterocycles. The van der Waals surface area contributed by atoms with Gasteiger partial charge in [0, 0.05) is 24.4 Å². The van der Waals surface area contributed by atoms with Crippen molar-refractivity contribution in [1.82, 2.24) is 9.88 Å². The molecule has 0 aliphatic carbocycles. The lowest BCUT2D eigenvalue weighted by Gasteiger charge is -2.31. The van der Waals surface area contributed by atoms with Crippen LogP contribution < -0.4 is 10.1 Å². The molecule has 0 saturated carbocycles. The van der Waals surface area contributed by atoms with Crippen LogP contribution in [0.4, 0.5) is 10.1 Å². The van der Waals surface area contributed by atoms with Crippen LogP contribution in [0.3, 0.4) is 0 Å². The van der Waals surface area contributed by atoms with E-state index < -0.39 is 11.7 Å². The van der Waals surface area contributed by atoms with E-state index in [-0.39, 0.29) is 29.8 Å². The summed E-state index contributed by atoms with van der Waals surface area (Å²) in [6.07, 6.45) is 1.55. The van der Waals surface area contributed by atoms with E-state index in [0.29, 0.717) is 18.8 Å². The Hall–Kier alpha value is -3.26. The van der Waals surface area contributed by atoms with E-state index in [1.54, 1.807) is 24.4 Å². The number of carbonyl (C=O) groups excluding carboxylic acids is 2. The molecule has 1 aliphatic rings. The Morgan fingerprint density at radius 3 is 2.59 bits per heavy atom. The van der Waals surface area contributed by atoms with Crippen molar-refractivity contribution in [3.8, 4) is 5.75 Å². The van der Waals surface area contributed by atoms with E-state index in [4.69, 9.17) is 4.74 Å². The molecule has 0 bridgehead atoms. The molecule has 2 amide bonds. The number of hydrogen-bond donors (Lipinski definition) is 1. The predicted molar refractivity (Wildman–Crippen MR) is 131 cm³/mol. The average molecular weight is 482 g/mol. The van der Waals surface area contributed by atoms with Crippen molar-refractivity contribution in [1.29, 1.82) is 0 Å². The van der Waals surface area contributed by atoms with Crippen molar-refractivity contribution < 1.29 is 18.7 Å². The van der Waals surface area contributed by atoms with Gasteiger partial charge in [-0.3, -0.25) is 9.59 Å². The van der Waals surface area contributed by atoms with Gasteiger partial charge in [0.15, 0.2) is 6.61 Å². The van der Waals surface area contributed by atoms with Gasteiger partial charge in [-0.25, -0.2) is 9.37 Å². The maximum absolute atomic E-state index is 14.0. The molecule has 2 aromatic carbocycles. The smallest absolute Gasteiger partial charge is 0.275 e. The van der Waals surface area contributed by atoms with Crippen molar-refractivity contribution in [2.24, 2.45) is 0 Å². The van der Waals surface area contributed by atoms with E-state index in [1.807, 2.05) is 36.9 Å². The number of hydrogen-bond acceptors (Lipinski definition) is 5. The van der Waals surface area contributed by atoms with Crippen molar-refractivity contribution >= 4 is 28.8 Å². The lowest BCUT2D eigenvalue weighted by atomic mass is 9.97. The minimum absolute atomic E-state index is 0.0182. The summed E-state index contributed by atoms with van der Waals surface area (Å²) in [5, 5.41) is 5.16. The van der Waals surface area contributed by atoms with Gasteiger partial charge in [-0.15, -0.1) is 11.3 Å². The van der Waals surface area contributed by atoms with E-state index in [0.717, 1.165) is 29.0 Å².